The summed E-state index contributed by atoms with van der Waals surface area (Å²) >= 11 is 1.33. The van der Waals surface area contributed by atoms with Crippen LogP contribution >= 0.6 is 11.8 Å². The standard InChI is InChI=1S/C21H28N6O3S/c28-19(23-13-17-7-5-11-30-17)15-31-21-25-24-18(27(21)16-6-4-9-22-12-16)14-26-10-3-1-2-8-20(26)29/h4,6,9,12,17H,1-3,5,7-8,10-11,13-15H2,(H,23,28). The third-order valence-electron chi connectivity index (χ3n) is 5.49. The molecule has 9 nitrogen and oxygen atoms in total. The molecule has 166 valence electrons. The van der Waals surface area contributed by atoms with Gasteiger partial charge in [0.15, 0.2) is 11.0 Å². The van der Waals surface area contributed by atoms with Gasteiger partial charge in [-0.05, 0) is 37.8 Å². The Hall–Kier alpha value is -2.46. The fourth-order valence-corrected chi connectivity index (χ4v) is 4.63. The minimum absolute atomic E-state index is 0.0644. The molecule has 2 fully saturated rings. The zero-order valence-electron chi connectivity index (χ0n) is 17.5. The SMILES string of the molecule is O=C(CSc1nnc(CN2CCCCCC2=O)n1-c1cccnc1)NCC1CCCO1. The van der Waals surface area contributed by atoms with Crippen molar-refractivity contribution in [2.45, 2.75) is 56.3 Å². The van der Waals surface area contributed by atoms with E-state index in [0.717, 1.165) is 50.9 Å². The molecule has 4 rings (SSSR count). The fourth-order valence-electron chi connectivity index (χ4n) is 3.83. The van der Waals surface area contributed by atoms with E-state index in [9.17, 15) is 9.59 Å². The molecule has 1 atom stereocenters. The molecule has 2 saturated heterocycles. The molecule has 0 saturated carbocycles. The molecule has 0 aromatic carbocycles. The molecule has 2 aliphatic rings. The molecule has 2 aromatic rings. The molecule has 2 aromatic heterocycles. The van der Waals surface area contributed by atoms with E-state index in [1.54, 1.807) is 12.4 Å². The number of nitrogens with zero attached hydrogens (tertiary/aromatic N) is 5. The first kappa shape index (κ1) is 21.8. The molecule has 31 heavy (non-hydrogen) atoms. The van der Waals surface area contributed by atoms with Gasteiger partial charge in [0, 0.05) is 32.3 Å². The Morgan fingerprint density at radius 2 is 2.19 bits per heavy atom. The Morgan fingerprint density at radius 3 is 3.00 bits per heavy atom. The Morgan fingerprint density at radius 1 is 1.26 bits per heavy atom. The monoisotopic (exact) mass is 444 g/mol. The van der Waals surface area contributed by atoms with Gasteiger partial charge in [-0.25, -0.2) is 0 Å². The first-order chi connectivity index (χ1) is 15.2. The molecule has 2 aliphatic heterocycles. The summed E-state index contributed by atoms with van der Waals surface area (Å²) in [5, 5.41) is 12.2. The highest BCUT2D eigenvalue weighted by molar-refractivity contribution is 7.99. The number of likely N-dealkylation sites (tertiary alicyclic amines) is 1. The lowest BCUT2D eigenvalue weighted by Gasteiger charge is -2.20. The second-order valence-electron chi connectivity index (χ2n) is 7.80. The van der Waals surface area contributed by atoms with E-state index in [4.69, 9.17) is 4.74 Å². The minimum atomic E-state index is -0.0644. The Kier molecular flexibility index (Phi) is 7.52. The van der Waals surface area contributed by atoms with Crippen LogP contribution in [-0.4, -0.2) is 68.0 Å². The van der Waals surface area contributed by atoms with Crippen molar-refractivity contribution in [3.63, 3.8) is 0 Å². The number of nitrogens with one attached hydrogen (secondary N) is 1. The summed E-state index contributed by atoms with van der Waals surface area (Å²) in [5.74, 6) is 0.991. The summed E-state index contributed by atoms with van der Waals surface area (Å²) in [6, 6.07) is 3.77. The topological polar surface area (TPSA) is 102 Å². The van der Waals surface area contributed by atoms with Crippen molar-refractivity contribution in [3.8, 4) is 5.69 Å². The van der Waals surface area contributed by atoms with Gasteiger partial charge in [0.2, 0.25) is 11.8 Å². The van der Waals surface area contributed by atoms with E-state index in [2.05, 4.69) is 20.5 Å². The predicted octanol–water partition coefficient (Wildman–Crippen LogP) is 1.95. The lowest BCUT2D eigenvalue weighted by molar-refractivity contribution is -0.131. The molecular weight excluding hydrogens is 416 g/mol. The normalized spacial score (nSPS) is 19.4. The maximum absolute atomic E-state index is 12.5. The predicted molar refractivity (Wildman–Crippen MR) is 116 cm³/mol. The van der Waals surface area contributed by atoms with Gasteiger partial charge in [0.1, 0.15) is 0 Å². The van der Waals surface area contributed by atoms with Crippen LogP contribution in [0.4, 0.5) is 0 Å². The molecule has 4 heterocycles. The number of hydrogen-bond donors (Lipinski definition) is 1. The number of carbonyl (C=O) groups is 2. The highest BCUT2D eigenvalue weighted by Gasteiger charge is 2.22. The number of hydrogen-bond acceptors (Lipinski definition) is 7. The molecule has 0 spiro atoms. The van der Waals surface area contributed by atoms with Gasteiger partial charge in [0.25, 0.3) is 0 Å². The fraction of sp³-hybridized carbons (Fsp3) is 0.571. The van der Waals surface area contributed by atoms with E-state index in [1.807, 2.05) is 21.6 Å². The highest BCUT2D eigenvalue weighted by atomic mass is 32.2. The quantitative estimate of drug-likeness (QED) is 0.621. The lowest BCUT2D eigenvalue weighted by atomic mass is 10.2. The summed E-state index contributed by atoms with van der Waals surface area (Å²) in [6.45, 7) is 2.43. The lowest BCUT2D eigenvalue weighted by Crippen LogP contribution is -2.33. The number of ether oxygens (including phenoxy) is 1. The molecule has 0 bridgehead atoms. The Balaban J connectivity index is 1.45. The maximum atomic E-state index is 12.5. The number of carbonyl (C=O) groups excluding carboxylic acids is 2. The zero-order chi connectivity index (χ0) is 21.5. The molecular formula is C21H28N6O3S. The van der Waals surface area contributed by atoms with Gasteiger partial charge in [-0.1, -0.05) is 18.2 Å². The third-order valence-corrected chi connectivity index (χ3v) is 6.42. The van der Waals surface area contributed by atoms with Crippen molar-refractivity contribution in [1.82, 2.24) is 30.0 Å². The Bertz CT molecular complexity index is 884. The van der Waals surface area contributed by atoms with Gasteiger partial charge in [-0.3, -0.25) is 19.1 Å². The van der Waals surface area contributed by atoms with Crippen LogP contribution in [-0.2, 0) is 20.9 Å². The van der Waals surface area contributed by atoms with Gasteiger partial charge in [-0.15, -0.1) is 10.2 Å². The van der Waals surface area contributed by atoms with Crippen LogP contribution < -0.4 is 5.32 Å². The molecule has 1 unspecified atom stereocenters. The molecule has 1 N–H and O–H groups in total. The van der Waals surface area contributed by atoms with Crippen molar-refractivity contribution in [1.29, 1.82) is 0 Å². The van der Waals surface area contributed by atoms with Crippen LogP contribution in [0.15, 0.2) is 29.7 Å². The van der Waals surface area contributed by atoms with E-state index in [1.165, 1.54) is 11.8 Å². The van der Waals surface area contributed by atoms with E-state index in [-0.39, 0.29) is 23.7 Å². The largest absolute Gasteiger partial charge is 0.376 e. The summed E-state index contributed by atoms with van der Waals surface area (Å²) in [6.07, 6.45) is 9.17. The van der Waals surface area contributed by atoms with Gasteiger partial charge >= 0.3 is 0 Å². The van der Waals surface area contributed by atoms with Crippen molar-refractivity contribution in [3.05, 3.63) is 30.4 Å². The highest BCUT2D eigenvalue weighted by Crippen LogP contribution is 2.23. The van der Waals surface area contributed by atoms with Crippen LogP contribution in [0.3, 0.4) is 0 Å². The number of amides is 2. The first-order valence-electron chi connectivity index (χ1n) is 10.8. The van der Waals surface area contributed by atoms with Crippen molar-refractivity contribution < 1.29 is 14.3 Å². The third kappa shape index (κ3) is 5.82. The van der Waals surface area contributed by atoms with Gasteiger partial charge in [-0.2, -0.15) is 0 Å². The molecule has 0 aliphatic carbocycles. The van der Waals surface area contributed by atoms with Crippen molar-refractivity contribution in [2.75, 3.05) is 25.4 Å². The van der Waals surface area contributed by atoms with E-state index >= 15 is 0 Å². The van der Waals surface area contributed by atoms with Crippen LogP contribution in [0.2, 0.25) is 0 Å². The van der Waals surface area contributed by atoms with Crippen LogP contribution in [0, 0.1) is 0 Å². The zero-order valence-corrected chi connectivity index (χ0v) is 18.4. The minimum Gasteiger partial charge on any atom is -0.376 e. The Labute approximate surface area is 186 Å². The number of pyridine rings is 1. The maximum Gasteiger partial charge on any atom is 0.230 e. The summed E-state index contributed by atoms with van der Waals surface area (Å²) in [7, 11) is 0. The van der Waals surface area contributed by atoms with Crippen molar-refractivity contribution in [2.24, 2.45) is 0 Å². The summed E-state index contributed by atoms with van der Waals surface area (Å²) in [5.41, 5.74) is 0.812. The van der Waals surface area contributed by atoms with Crippen LogP contribution in [0.25, 0.3) is 5.69 Å². The molecule has 0 radical (unpaired) electrons. The van der Waals surface area contributed by atoms with Gasteiger partial charge in [0.05, 0.1) is 30.3 Å². The average Bonchev–Trinajstić information content (AvgIpc) is 3.40. The molecule has 10 heteroatoms. The smallest absolute Gasteiger partial charge is 0.230 e. The summed E-state index contributed by atoms with van der Waals surface area (Å²) < 4.78 is 7.44. The van der Waals surface area contributed by atoms with Crippen LogP contribution in [0.5, 0.6) is 0 Å². The second-order valence-corrected chi connectivity index (χ2v) is 8.74. The number of aromatic nitrogens is 4. The van der Waals surface area contributed by atoms with E-state index < -0.39 is 0 Å². The average molecular weight is 445 g/mol. The number of rotatable bonds is 8. The van der Waals surface area contributed by atoms with Crippen LogP contribution in [0.1, 0.15) is 44.3 Å². The second kappa shape index (κ2) is 10.7. The van der Waals surface area contributed by atoms with Crippen molar-refractivity contribution >= 4 is 23.6 Å². The molecule has 2 amide bonds. The van der Waals surface area contributed by atoms with Gasteiger partial charge < -0.3 is 15.0 Å². The first-order valence-corrected chi connectivity index (χ1v) is 11.8. The summed E-state index contributed by atoms with van der Waals surface area (Å²) in [4.78, 5) is 30.8. The number of thioether (sulfide) groups is 1. The van der Waals surface area contributed by atoms with E-state index in [0.29, 0.717) is 30.5 Å².